The highest BCUT2D eigenvalue weighted by Gasteiger charge is 2.38. The highest BCUT2D eigenvalue weighted by molar-refractivity contribution is 5.86. The summed E-state index contributed by atoms with van der Waals surface area (Å²) in [7, 11) is 0. The van der Waals surface area contributed by atoms with Crippen LogP contribution < -0.4 is 10.5 Å². The first-order valence-electron chi connectivity index (χ1n) is 7.44. The summed E-state index contributed by atoms with van der Waals surface area (Å²) in [5.74, 6) is 1.35. The zero-order chi connectivity index (χ0) is 14.1. The Morgan fingerprint density at radius 3 is 3.05 bits per heavy atom. The first kappa shape index (κ1) is 13.4. The van der Waals surface area contributed by atoms with E-state index in [0.717, 1.165) is 30.7 Å². The lowest BCUT2D eigenvalue weighted by molar-refractivity contribution is -0.137. The summed E-state index contributed by atoms with van der Waals surface area (Å²) in [6.07, 6.45) is 2.22. The maximum atomic E-state index is 12.9. The van der Waals surface area contributed by atoms with E-state index in [4.69, 9.17) is 10.5 Å². The molecule has 20 heavy (non-hydrogen) atoms. The quantitative estimate of drug-likeness (QED) is 0.894. The molecule has 0 spiro atoms. The van der Waals surface area contributed by atoms with Crippen molar-refractivity contribution in [2.75, 3.05) is 19.7 Å². The van der Waals surface area contributed by atoms with Gasteiger partial charge in [0.15, 0.2) is 0 Å². The lowest BCUT2D eigenvalue weighted by Crippen LogP contribution is -2.52. The predicted octanol–water partition coefficient (Wildman–Crippen LogP) is 1.75. The van der Waals surface area contributed by atoms with Gasteiger partial charge in [0, 0.05) is 24.7 Å². The van der Waals surface area contributed by atoms with E-state index >= 15 is 0 Å². The third-order valence-corrected chi connectivity index (χ3v) is 4.64. The van der Waals surface area contributed by atoms with Gasteiger partial charge in [-0.25, -0.2) is 0 Å². The van der Waals surface area contributed by atoms with Gasteiger partial charge in [0.2, 0.25) is 5.91 Å². The molecule has 3 rings (SSSR count). The molecule has 4 nitrogen and oxygen atoms in total. The normalized spacial score (nSPS) is 28.9. The standard InChI is InChI=1S/C16H22N2O2/c1-11-5-4-8-18(14(11)9-17)16(19)13-10-20-15-7-3-2-6-12(13)15/h2-3,6-7,11,13-14H,4-5,8-10,17H2,1H3. The number of nitrogens with two attached hydrogens (primary N) is 1. The number of hydrogen-bond donors (Lipinski definition) is 1. The smallest absolute Gasteiger partial charge is 0.234 e. The molecule has 3 unspecified atom stereocenters. The van der Waals surface area contributed by atoms with Crippen molar-refractivity contribution < 1.29 is 9.53 Å². The van der Waals surface area contributed by atoms with Crippen LogP contribution >= 0.6 is 0 Å². The summed E-state index contributed by atoms with van der Waals surface area (Å²) < 4.78 is 5.64. The van der Waals surface area contributed by atoms with Crippen molar-refractivity contribution in [2.24, 2.45) is 11.7 Å². The third-order valence-electron chi connectivity index (χ3n) is 4.64. The highest BCUT2D eigenvalue weighted by atomic mass is 16.5. The summed E-state index contributed by atoms with van der Waals surface area (Å²) in [6.45, 7) is 4.02. The number of hydrogen-bond acceptors (Lipinski definition) is 3. The Labute approximate surface area is 119 Å². The molecule has 0 bridgehead atoms. The molecule has 2 heterocycles. The number of carbonyl (C=O) groups is 1. The summed E-state index contributed by atoms with van der Waals surface area (Å²) >= 11 is 0. The van der Waals surface area contributed by atoms with Crippen LogP contribution in [0.5, 0.6) is 5.75 Å². The largest absolute Gasteiger partial charge is 0.492 e. The molecule has 2 aliphatic heterocycles. The van der Waals surface area contributed by atoms with Crippen LogP contribution in [0.1, 0.15) is 31.2 Å². The van der Waals surface area contributed by atoms with Crippen molar-refractivity contribution in [3.8, 4) is 5.75 Å². The van der Waals surface area contributed by atoms with Crippen LogP contribution in [0.3, 0.4) is 0 Å². The molecule has 0 radical (unpaired) electrons. The third kappa shape index (κ3) is 2.18. The average molecular weight is 274 g/mol. The molecule has 0 aromatic heterocycles. The van der Waals surface area contributed by atoms with E-state index in [9.17, 15) is 4.79 Å². The predicted molar refractivity (Wildman–Crippen MR) is 77.6 cm³/mol. The molecule has 1 aromatic carbocycles. The Balaban J connectivity index is 1.82. The van der Waals surface area contributed by atoms with Crippen LogP contribution in [0.4, 0.5) is 0 Å². The number of amides is 1. The molecule has 1 saturated heterocycles. The zero-order valence-electron chi connectivity index (χ0n) is 11.9. The van der Waals surface area contributed by atoms with Gasteiger partial charge in [0.1, 0.15) is 18.3 Å². The number of benzene rings is 1. The summed E-state index contributed by atoms with van der Waals surface area (Å²) in [6, 6.07) is 8.01. The monoisotopic (exact) mass is 274 g/mol. The Morgan fingerprint density at radius 2 is 2.25 bits per heavy atom. The van der Waals surface area contributed by atoms with Crippen molar-refractivity contribution in [3.63, 3.8) is 0 Å². The van der Waals surface area contributed by atoms with Crippen LogP contribution in [-0.4, -0.2) is 36.5 Å². The minimum Gasteiger partial charge on any atom is -0.492 e. The van der Waals surface area contributed by atoms with Gasteiger partial charge in [-0.2, -0.15) is 0 Å². The van der Waals surface area contributed by atoms with E-state index in [1.54, 1.807) is 0 Å². The fourth-order valence-corrected chi connectivity index (χ4v) is 3.45. The minimum absolute atomic E-state index is 0.162. The number of piperidine rings is 1. The second kappa shape index (κ2) is 5.44. The van der Waals surface area contributed by atoms with Gasteiger partial charge in [0.05, 0.1) is 0 Å². The van der Waals surface area contributed by atoms with E-state index in [1.807, 2.05) is 29.2 Å². The Hall–Kier alpha value is -1.55. The fourth-order valence-electron chi connectivity index (χ4n) is 3.45. The Bertz CT molecular complexity index is 503. The molecule has 1 amide bonds. The lowest BCUT2D eigenvalue weighted by atomic mass is 9.89. The Morgan fingerprint density at radius 1 is 1.45 bits per heavy atom. The van der Waals surface area contributed by atoms with Gasteiger partial charge in [-0.05, 0) is 24.8 Å². The molecule has 1 aromatic rings. The van der Waals surface area contributed by atoms with Crippen molar-refractivity contribution in [3.05, 3.63) is 29.8 Å². The van der Waals surface area contributed by atoms with Gasteiger partial charge in [-0.3, -0.25) is 4.79 Å². The second-order valence-electron chi connectivity index (χ2n) is 5.86. The van der Waals surface area contributed by atoms with Crippen LogP contribution in [-0.2, 0) is 4.79 Å². The van der Waals surface area contributed by atoms with E-state index < -0.39 is 0 Å². The van der Waals surface area contributed by atoms with Gasteiger partial charge < -0.3 is 15.4 Å². The van der Waals surface area contributed by atoms with E-state index in [1.165, 1.54) is 0 Å². The van der Waals surface area contributed by atoms with Crippen molar-refractivity contribution in [1.29, 1.82) is 0 Å². The highest BCUT2D eigenvalue weighted by Crippen LogP contribution is 2.36. The first-order chi connectivity index (χ1) is 9.72. The lowest BCUT2D eigenvalue weighted by Gasteiger charge is -2.40. The number of fused-ring (bicyclic) bond motifs is 1. The summed E-state index contributed by atoms with van der Waals surface area (Å²) in [5, 5.41) is 0. The summed E-state index contributed by atoms with van der Waals surface area (Å²) in [5.41, 5.74) is 6.91. The number of para-hydroxylation sites is 1. The topological polar surface area (TPSA) is 55.6 Å². The second-order valence-corrected chi connectivity index (χ2v) is 5.86. The number of nitrogens with zero attached hydrogens (tertiary/aromatic N) is 1. The van der Waals surface area contributed by atoms with E-state index in [2.05, 4.69) is 6.92 Å². The van der Waals surface area contributed by atoms with E-state index in [0.29, 0.717) is 19.1 Å². The number of likely N-dealkylation sites (tertiary alicyclic amines) is 1. The molecule has 0 aliphatic carbocycles. The first-order valence-corrected chi connectivity index (χ1v) is 7.44. The number of rotatable bonds is 2. The van der Waals surface area contributed by atoms with Gasteiger partial charge >= 0.3 is 0 Å². The molecule has 2 aliphatic rings. The maximum absolute atomic E-state index is 12.9. The van der Waals surface area contributed by atoms with Gasteiger partial charge in [-0.15, -0.1) is 0 Å². The number of carbonyl (C=O) groups excluding carboxylic acids is 1. The number of ether oxygens (including phenoxy) is 1. The molecule has 4 heteroatoms. The van der Waals surface area contributed by atoms with Crippen LogP contribution in [0, 0.1) is 5.92 Å². The Kier molecular flexibility index (Phi) is 3.66. The maximum Gasteiger partial charge on any atom is 0.234 e. The SMILES string of the molecule is CC1CCCN(C(=O)C2COc3ccccc32)C1CN. The van der Waals surface area contributed by atoms with Crippen molar-refractivity contribution in [1.82, 2.24) is 4.90 Å². The van der Waals surface area contributed by atoms with Gasteiger partial charge in [-0.1, -0.05) is 25.1 Å². The molecule has 2 N–H and O–H groups in total. The zero-order valence-corrected chi connectivity index (χ0v) is 11.9. The minimum atomic E-state index is -0.162. The molecule has 108 valence electrons. The molecule has 1 fully saturated rings. The van der Waals surface area contributed by atoms with Crippen molar-refractivity contribution in [2.45, 2.75) is 31.7 Å². The van der Waals surface area contributed by atoms with Crippen LogP contribution in [0.25, 0.3) is 0 Å². The van der Waals surface area contributed by atoms with E-state index in [-0.39, 0.29) is 17.9 Å². The molecule has 0 saturated carbocycles. The summed E-state index contributed by atoms with van der Waals surface area (Å²) in [4.78, 5) is 14.9. The molecular formula is C16H22N2O2. The van der Waals surface area contributed by atoms with Crippen LogP contribution in [0.2, 0.25) is 0 Å². The fraction of sp³-hybridized carbons (Fsp3) is 0.562. The molecular weight excluding hydrogens is 252 g/mol. The molecule has 3 atom stereocenters. The average Bonchev–Trinajstić information content (AvgIpc) is 2.90. The van der Waals surface area contributed by atoms with Crippen LogP contribution in [0.15, 0.2) is 24.3 Å². The van der Waals surface area contributed by atoms with Gasteiger partial charge in [0.25, 0.3) is 0 Å². The van der Waals surface area contributed by atoms with Crippen molar-refractivity contribution >= 4 is 5.91 Å².